The number of halogens is 1. The van der Waals surface area contributed by atoms with Crippen LogP contribution in [0.25, 0.3) is 10.9 Å². The molecule has 1 aromatic carbocycles. The van der Waals surface area contributed by atoms with Gasteiger partial charge >= 0.3 is 11.4 Å². The molecule has 8 heteroatoms. The maximum absolute atomic E-state index is 11.4. The van der Waals surface area contributed by atoms with Gasteiger partial charge in [0.05, 0.1) is 15.8 Å². The van der Waals surface area contributed by atoms with Gasteiger partial charge in [-0.1, -0.05) is 0 Å². The zero-order valence-electron chi connectivity index (χ0n) is 8.51. The van der Waals surface area contributed by atoms with Crippen LogP contribution >= 0.6 is 10.7 Å². The van der Waals surface area contributed by atoms with Crippen molar-refractivity contribution < 1.29 is 12.8 Å². The molecule has 2 rings (SSSR count). The molecule has 0 saturated carbocycles. The molecule has 0 N–H and O–H groups in total. The molecule has 0 spiro atoms. The van der Waals surface area contributed by atoms with Crippen molar-refractivity contribution in [3.63, 3.8) is 0 Å². The monoisotopic (exact) mass is 275 g/mol. The van der Waals surface area contributed by atoms with Crippen molar-refractivity contribution in [2.45, 2.75) is 4.90 Å². The smallest absolute Gasteiger partial charge is 0.372 e. The van der Waals surface area contributed by atoms with Crippen LogP contribution in [-0.4, -0.2) is 13.0 Å². The van der Waals surface area contributed by atoms with Crippen molar-refractivity contribution in [3.05, 3.63) is 39.2 Å². The molecule has 0 amide bonds. The highest BCUT2D eigenvalue weighted by atomic mass is 35.7. The fraction of sp³-hybridized carbons (Fsp3) is 0.111. The topological polar surface area (TPSA) is 86.3 Å². The van der Waals surface area contributed by atoms with Crippen LogP contribution in [0.2, 0.25) is 0 Å². The minimum absolute atomic E-state index is 0.0196. The molecular weight excluding hydrogens is 270 g/mol. The van der Waals surface area contributed by atoms with Crippen LogP contribution in [0, 0.1) is 0 Å². The Balaban J connectivity index is 2.99. The molecule has 0 saturated heterocycles. The first-order valence-electron chi connectivity index (χ1n) is 4.39. The molecule has 0 fully saturated rings. The molecule has 0 aliphatic carbocycles. The highest BCUT2D eigenvalue weighted by Gasteiger charge is 2.14. The third kappa shape index (κ3) is 1.98. The van der Waals surface area contributed by atoms with Crippen LogP contribution in [0.3, 0.4) is 0 Å². The van der Waals surface area contributed by atoms with Crippen molar-refractivity contribution in [3.8, 4) is 0 Å². The molecule has 0 aliphatic rings. The summed E-state index contributed by atoms with van der Waals surface area (Å²) in [5.41, 5.74) is -0.624. The minimum atomic E-state index is -3.93. The lowest BCUT2D eigenvalue weighted by molar-refractivity contribution is 0.432. The fourth-order valence-corrected chi connectivity index (χ4v) is 2.20. The third-order valence-electron chi connectivity index (χ3n) is 2.28. The molecule has 0 aliphatic heterocycles. The standard InChI is InChI=1S/C9H6ClNO5S/c1-11-7-3-2-5(17(10,14)15)4-6(7)8(12)16-9(11)13/h2-4H,1H3. The van der Waals surface area contributed by atoms with E-state index >= 15 is 0 Å². The quantitative estimate of drug-likeness (QED) is 0.704. The van der Waals surface area contributed by atoms with Crippen molar-refractivity contribution in [1.82, 2.24) is 4.57 Å². The summed E-state index contributed by atoms with van der Waals surface area (Å²) in [6.07, 6.45) is 0. The van der Waals surface area contributed by atoms with Gasteiger partial charge in [-0.05, 0) is 18.2 Å². The Kier molecular flexibility index (Phi) is 2.59. The molecule has 0 atom stereocenters. The summed E-state index contributed by atoms with van der Waals surface area (Å²) in [6.45, 7) is 0. The van der Waals surface area contributed by atoms with Crippen molar-refractivity contribution in [2.24, 2.45) is 7.05 Å². The number of aryl methyl sites for hydroxylation is 1. The van der Waals surface area contributed by atoms with Gasteiger partial charge in [0.2, 0.25) is 0 Å². The maximum Gasteiger partial charge on any atom is 0.422 e. The lowest BCUT2D eigenvalue weighted by Gasteiger charge is -2.03. The highest BCUT2D eigenvalue weighted by Crippen LogP contribution is 2.18. The van der Waals surface area contributed by atoms with Crippen LogP contribution in [0.4, 0.5) is 0 Å². The lowest BCUT2D eigenvalue weighted by atomic mass is 10.2. The Bertz CT molecular complexity index is 817. The van der Waals surface area contributed by atoms with E-state index in [1.54, 1.807) is 0 Å². The minimum Gasteiger partial charge on any atom is -0.372 e. The normalized spacial score (nSPS) is 11.9. The number of aromatic nitrogens is 1. The molecule has 0 radical (unpaired) electrons. The zero-order valence-corrected chi connectivity index (χ0v) is 10.1. The molecular formula is C9H6ClNO5S. The first kappa shape index (κ1) is 11.9. The number of hydrogen-bond acceptors (Lipinski definition) is 5. The van der Waals surface area contributed by atoms with E-state index in [1.807, 2.05) is 0 Å². The Morgan fingerprint density at radius 2 is 1.94 bits per heavy atom. The van der Waals surface area contributed by atoms with E-state index in [2.05, 4.69) is 4.42 Å². The summed E-state index contributed by atoms with van der Waals surface area (Å²) in [4.78, 5) is 22.4. The second-order valence-corrected chi connectivity index (χ2v) is 5.90. The molecule has 0 unspecified atom stereocenters. The van der Waals surface area contributed by atoms with Crippen LogP contribution in [0.1, 0.15) is 0 Å². The maximum atomic E-state index is 11.4. The van der Waals surface area contributed by atoms with Crippen LogP contribution in [0.5, 0.6) is 0 Å². The summed E-state index contributed by atoms with van der Waals surface area (Å²) in [6, 6.07) is 3.61. The summed E-state index contributed by atoms with van der Waals surface area (Å²) in [5, 5.41) is -0.0196. The first-order chi connectivity index (χ1) is 7.80. The van der Waals surface area contributed by atoms with Crippen molar-refractivity contribution in [2.75, 3.05) is 0 Å². The van der Waals surface area contributed by atoms with Gasteiger partial charge < -0.3 is 4.42 Å². The van der Waals surface area contributed by atoms with Crippen LogP contribution < -0.4 is 11.4 Å². The molecule has 1 heterocycles. The Hall–Kier alpha value is -1.60. The highest BCUT2D eigenvalue weighted by molar-refractivity contribution is 8.13. The van der Waals surface area contributed by atoms with Gasteiger partial charge in [0.25, 0.3) is 9.05 Å². The molecule has 0 bridgehead atoms. The van der Waals surface area contributed by atoms with Gasteiger partial charge in [-0.15, -0.1) is 0 Å². The molecule has 1 aromatic heterocycles. The number of rotatable bonds is 1. The van der Waals surface area contributed by atoms with Crippen LogP contribution in [-0.2, 0) is 16.1 Å². The zero-order chi connectivity index (χ0) is 12.8. The van der Waals surface area contributed by atoms with Gasteiger partial charge in [-0.2, -0.15) is 0 Å². The number of fused-ring (bicyclic) bond motifs is 1. The van der Waals surface area contributed by atoms with Gasteiger partial charge in [-0.25, -0.2) is 18.0 Å². The largest absolute Gasteiger partial charge is 0.422 e. The predicted octanol–water partition coefficient (Wildman–Crippen LogP) is 0.419. The predicted molar refractivity (Wildman–Crippen MR) is 60.8 cm³/mol. The van der Waals surface area contributed by atoms with E-state index in [4.69, 9.17) is 10.7 Å². The van der Waals surface area contributed by atoms with Gasteiger partial charge in [0.15, 0.2) is 0 Å². The van der Waals surface area contributed by atoms with E-state index in [1.165, 1.54) is 19.2 Å². The summed E-state index contributed by atoms with van der Waals surface area (Å²) in [5.74, 6) is -0.816. The number of benzene rings is 1. The molecule has 90 valence electrons. The number of nitrogens with zero attached hydrogens (tertiary/aromatic N) is 1. The van der Waals surface area contributed by atoms with E-state index in [0.29, 0.717) is 0 Å². The van der Waals surface area contributed by atoms with Crippen molar-refractivity contribution >= 4 is 30.6 Å². The SMILES string of the molecule is Cn1c(=O)oc(=O)c2cc(S(=O)(=O)Cl)ccc21. The van der Waals surface area contributed by atoms with Gasteiger partial charge in [-0.3, -0.25) is 4.57 Å². The molecule has 2 aromatic rings. The molecule has 17 heavy (non-hydrogen) atoms. The Labute approximate surface area is 99.5 Å². The third-order valence-corrected chi connectivity index (χ3v) is 3.64. The van der Waals surface area contributed by atoms with E-state index in [-0.39, 0.29) is 15.8 Å². The van der Waals surface area contributed by atoms with Crippen molar-refractivity contribution in [1.29, 1.82) is 0 Å². The number of hydrogen-bond donors (Lipinski definition) is 0. The Morgan fingerprint density at radius 1 is 1.29 bits per heavy atom. The Morgan fingerprint density at radius 3 is 2.53 bits per heavy atom. The van der Waals surface area contributed by atoms with E-state index in [0.717, 1.165) is 10.6 Å². The average molecular weight is 276 g/mol. The second-order valence-electron chi connectivity index (χ2n) is 3.33. The summed E-state index contributed by atoms with van der Waals surface area (Å²) < 4.78 is 27.7. The molecule has 6 nitrogen and oxygen atoms in total. The van der Waals surface area contributed by atoms with Gasteiger partial charge in [0.1, 0.15) is 0 Å². The lowest BCUT2D eigenvalue weighted by Crippen LogP contribution is -2.22. The first-order valence-corrected chi connectivity index (χ1v) is 6.70. The van der Waals surface area contributed by atoms with Gasteiger partial charge in [0, 0.05) is 17.7 Å². The van der Waals surface area contributed by atoms with Crippen LogP contribution in [0.15, 0.2) is 37.1 Å². The fourth-order valence-electron chi connectivity index (χ4n) is 1.42. The summed E-state index contributed by atoms with van der Waals surface area (Å²) >= 11 is 0. The van der Waals surface area contributed by atoms with E-state index < -0.39 is 20.4 Å². The average Bonchev–Trinajstić information content (AvgIpc) is 2.24. The summed E-state index contributed by atoms with van der Waals surface area (Å²) in [7, 11) is 2.63. The van der Waals surface area contributed by atoms with E-state index in [9.17, 15) is 18.0 Å². The second kappa shape index (κ2) is 3.71.